The van der Waals surface area contributed by atoms with E-state index in [0.29, 0.717) is 6.42 Å². The number of hydrogen-bond acceptors (Lipinski definition) is 3. The summed E-state index contributed by atoms with van der Waals surface area (Å²) in [7, 11) is 1.98. The number of benzene rings is 1. The highest BCUT2D eigenvalue weighted by Crippen LogP contribution is 2.37. The Bertz CT molecular complexity index is 495. The van der Waals surface area contributed by atoms with Crippen molar-refractivity contribution in [2.45, 2.75) is 24.7 Å². The van der Waals surface area contributed by atoms with Crippen LogP contribution in [0.4, 0.5) is 5.69 Å². The smallest absolute Gasteiger partial charge is 0.224 e. The van der Waals surface area contributed by atoms with Crippen molar-refractivity contribution in [2.24, 2.45) is 0 Å². The third-order valence-electron chi connectivity index (χ3n) is 4.22. The number of aryl methyl sites for hydroxylation is 1. The van der Waals surface area contributed by atoms with E-state index in [1.165, 1.54) is 11.1 Å². The Hall–Kier alpha value is -1.39. The van der Waals surface area contributed by atoms with Crippen molar-refractivity contribution in [1.29, 1.82) is 0 Å². The molecule has 0 bridgehead atoms. The second kappa shape index (κ2) is 4.94. The van der Waals surface area contributed by atoms with Gasteiger partial charge in [-0.3, -0.25) is 4.79 Å². The van der Waals surface area contributed by atoms with Crippen LogP contribution in [0, 0.1) is 0 Å². The molecule has 2 heterocycles. The minimum absolute atomic E-state index is 0.122. The normalized spacial score (nSPS) is 20.4. The lowest BCUT2D eigenvalue weighted by molar-refractivity contribution is -0.116. The first-order chi connectivity index (χ1) is 9.23. The maximum atomic E-state index is 11.4. The monoisotopic (exact) mass is 260 g/mol. The summed E-state index contributed by atoms with van der Waals surface area (Å²) in [6.07, 6.45) is 2.53. The first-order valence-corrected chi connectivity index (χ1v) is 6.89. The number of carbonyl (C=O) groups excluding carboxylic acids is 1. The van der Waals surface area contributed by atoms with Crippen LogP contribution in [0.3, 0.4) is 0 Å². The van der Waals surface area contributed by atoms with Crippen molar-refractivity contribution in [1.82, 2.24) is 5.32 Å². The van der Waals surface area contributed by atoms with Crippen LogP contribution >= 0.6 is 0 Å². The number of nitrogens with one attached hydrogen (secondary N) is 2. The Kier molecular flexibility index (Phi) is 3.29. The summed E-state index contributed by atoms with van der Waals surface area (Å²) in [6, 6.07) is 6.44. The van der Waals surface area contributed by atoms with E-state index < -0.39 is 0 Å². The quantitative estimate of drug-likeness (QED) is 0.861. The molecule has 3 rings (SSSR count). The standard InChI is InChI=1S/C15H20N2O2/c1-16-7-6-15(9-19-10-15)12-3-4-13-11(8-12)2-5-14(18)17-13/h3-4,8,16H,2,5-7,9-10H2,1H3,(H,17,18). The highest BCUT2D eigenvalue weighted by Gasteiger charge is 2.40. The van der Waals surface area contributed by atoms with Crippen LogP contribution in [-0.2, 0) is 21.4 Å². The van der Waals surface area contributed by atoms with Gasteiger partial charge in [-0.2, -0.15) is 0 Å². The van der Waals surface area contributed by atoms with Crippen LogP contribution in [0.2, 0.25) is 0 Å². The highest BCUT2D eigenvalue weighted by molar-refractivity contribution is 5.93. The number of anilines is 1. The minimum Gasteiger partial charge on any atom is -0.379 e. The fourth-order valence-electron chi connectivity index (χ4n) is 2.88. The molecule has 0 aromatic heterocycles. The largest absolute Gasteiger partial charge is 0.379 e. The summed E-state index contributed by atoms with van der Waals surface area (Å²) in [6.45, 7) is 2.61. The molecule has 0 atom stereocenters. The Morgan fingerprint density at radius 1 is 1.37 bits per heavy atom. The second-order valence-electron chi connectivity index (χ2n) is 5.55. The molecule has 4 nitrogen and oxygen atoms in total. The Morgan fingerprint density at radius 2 is 2.21 bits per heavy atom. The number of fused-ring (bicyclic) bond motifs is 1. The number of rotatable bonds is 4. The van der Waals surface area contributed by atoms with Crippen LogP contribution in [0.5, 0.6) is 0 Å². The molecule has 4 heteroatoms. The van der Waals surface area contributed by atoms with E-state index in [4.69, 9.17) is 4.74 Å². The molecule has 2 N–H and O–H groups in total. The van der Waals surface area contributed by atoms with Gasteiger partial charge in [0.1, 0.15) is 0 Å². The predicted molar refractivity (Wildman–Crippen MR) is 74.4 cm³/mol. The number of hydrogen-bond donors (Lipinski definition) is 2. The molecule has 19 heavy (non-hydrogen) atoms. The summed E-state index contributed by atoms with van der Waals surface area (Å²) in [5, 5.41) is 6.15. The average Bonchev–Trinajstić information content (AvgIpc) is 2.37. The lowest BCUT2D eigenvalue weighted by atomic mass is 9.75. The van der Waals surface area contributed by atoms with Gasteiger partial charge >= 0.3 is 0 Å². The summed E-state index contributed by atoms with van der Waals surface area (Å²) in [4.78, 5) is 11.4. The zero-order valence-electron chi connectivity index (χ0n) is 11.3. The first-order valence-electron chi connectivity index (χ1n) is 6.89. The number of amides is 1. The summed E-state index contributed by atoms with van der Waals surface area (Å²) in [5.41, 5.74) is 3.75. The van der Waals surface area contributed by atoms with E-state index in [9.17, 15) is 4.79 Å². The molecule has 102 valence electrons. The van der Waals surface area contributed by atoms with Gasteiger partial charge in [0.2, 0.25) is 5.91 Å². The zero-order valence-corrected chi connectivity index (χ0v) is 11.3. The van der Waals surface area contributed by atoms with Gasteiger partial charge in [-0.25, -0.2) is 0 Å². The van der Waals surface area contributed by atoms with Gasteiger partial charge < -0.3 is 15.4 Å². The number of carbonyl (C=O) groups is 1. The average molecular weight is 260 g/mol. The molecule has 1 amide bonds. The van der Waals surface area contributed by atoms with Crippen molar-refractivity contribution >= 4 is 11.6 Å². The molecule has 0 spiro atoms. The molecule has 0 unspecified atom stereocenters. The van der Waals surface area contributed by atoms with Crippen LogP contribution in [-0.4, -0.2) is 32.7 Å². The molecule has 1 aromatic carbocycles. The van der Waals surface area contributed by atoms with Gasteiger partial charge in [0, 0.05) is 17.5 Å². The summed E-state index contributed by atoms with van der Waals surface area (Å²) in [5.74, 6) is 0.122. The SMILES string of the molecule is CNCCC1(c2ccc3c(c2)CCC(=O)N3)COC1. The lowest BCUT2D eigenvalue weighted by Crippen LogP contribution is -2.48. The van der Waals surface area contributed by atoms with Gasteiger partial charge in [-0.05, 0) is 43.6 Å². The van der Waals surface area contributed by atoms with Crippen LogP contribution < -0.4 is 10.6 Å². The zero-order chi connectivity index (χ0) is 13.3. The Labute approximate surface area is 113 Å². The first kappa shape index (κ1) is 12.6. The molecule has 0 aliphatic carbocycles. The minimum atomic E-state index is 0.122. The van der Waals surface area contributed by atoms with Gasteiger partial charge in [0.15, 0.2) is 0 Å². The van der Waals surface area contributed by atoms with E-state index in [2.05, 4.69) is 22.8 Å². The van der Waals surface area contributed by atoms with Gasteiger partial charge in [0.25, 0.3) is 0 Å². The molecule has 2 aliphatic rings. The number of ether oxygens (including phenoxy) is 1. The molecule has 1 fully saturated rings. The Morgan fingerprint density at radius 3 is 2.89 bits per heavy atom. The van der Waals surface area contributed by atoms with E-state index in [0.717, 1.165) is 38.3 Å². The van der Waals surface area contributed by atoms with Crippen molar-refractivity contribution in [3.8, 4) is 0 Å². The van der Waals surface area contributed by atoms with Crippen LogP contribution in [0.1, 0.15) is 24.0 Å². The van der Waals surface area contributed by atoms with E-state index in [1.807, 2.05) is 13.1 Å². The lowest BCUT2D eigenvalue weighted by Gasteiger charge is -2.42. The molecular formula is C15H20N2O2. The van der Waals surface area contributed by atoms with Crippen molar-refractivity contribution < 1.29 is 9.53 Å². The molecule has 2 aliphatic heterocycles. The van der Waals surface area contributed by atoms with E-state index >= 15 is 0 Å². The van der Waals surface area contributed by atoms with Gasteiger partial charge in [0.05, 0.1) is 13.2 Å². The molecule has 1 aromatic rings. The van der Waals surface area contributed by atoms with E-state index in [-0.39, 0.29) is 11.3 Å². The van der Waals surface area contributed by atoms with Crippen LogP contribution in [0.15, 0.2) is 18.2 Å². The Balaban J connectivity index is 1.86. The fourth-order valence-corrected chi connectivity index (χ4v) is 2.88. The van der Waals surface area contributed by atoms with Crippen molar-refractivity contribution in [3.05, 3.63) is 29.3 Å². The molecule has 0 radical (unpaired) electrons. The third kappa shape index (κ3) is 2.26. The van der Waals surface area contributed by atoms with Gasteiger partial charge in [-0.1, -0.05) is 12.1 Å². The highest BCUT2D eigenvalue weighted by atomic mass is 16.5. The second-order valence-corrected chi connectivity index (χ2v) is 5.55. The maximum absolute atomic E-state index is 11.4. The van der Waals surface area contributed by atoms with Crippen molar-refractivity contribution in [3.63, 3.8) is 0 Å². The third-order valence-corrected chi connectivity index (χ3v) is 4.22. The molecular weight excluding hydrogens is 240 g/mol. The van der Waals surface area contributed by atoms with Crippen LogP contribution in [0.25, 0.3) is 0 Å². The summed E-state index contributed by atoms with van der Waals surface area (Å²) < 4.78 is 5.45. The summed E-state index contributed by atoms with van der Waals surface area (Å²) >= 11 is 0. The maximum Gasteiger partial charge on any atom is 0.224 e. The fraction of sp³-hybridized carbons (Fsp3) is 0.533. The van der Waals surface area contributed by atoms with Gasteiger partial charge in [-0.15, -0.1) is 0 Å². The molecule has 0 saturated carbocycles. The topological polar surface area (TPSA) is 50.4 Å². The van der Waals surface area contributed by atoms with E-state index in [1.54, 1.807) is 0 Å². The predicted octanol–water partition coefficient (Wildman–Crippen LogP) is 1.45. The molecule has 1 saturated heterocycles. The van der Waals surface area contributed by atoms with Crippen molar-refractivity contribution in [2.75, 3.05) is 32.1 Å².